The van der Waals surface area contributed by atoms with Gasteiger partial charge in [-0.2, -0.15) is 5.10 Å². The second-order valence-electron chi connectivity index (χ2n) is 4.95. The van der Waals surface area contributed by atoms with Gasteiger partial charge in [-0.3, -0.25) is 9.48 Å². The molecule has 1 amide bonds. The van der Waals surface area contributed by atoms with Gasteiger partial charge in [0.05, 0.1) is 11.8 Å². The predicted octanol–water partition coefficient (Wildman–Crippen LogP) is 1.32. The van der Waals surface area contributed by atoms with Crippen molar-refractivity contribution < 1.29 is 9.18 Å². The van der Waals surface area contributed by atoms with Crippen molar-refractivity contribution in [2.75, 3.05) is 13.1 Å². The van der Waals surface area contributed by atoms with Crippen LogP contribution in [0.2, 0.25) is 0 Å². The second kappa shape index (κ2) is 6.86. The third-order valence-corrected chi connectivity index (χ3v) is 3.07. The van der Waals surface area contributed by atoms with Gasteiger partial charge in [0.1, 0.15) is 6.17 Å². The second-order valence-corrected chi connectivity index (χ2v) is 4.95. The molecule has 2 atom stereocenters. The summed E-state index contributed by atoms with van der Waals surface area (Å²) in [4.78, 5) is 11.8. The van der Waals surface area contributed by atoms with Crippen molar-refractivity contribution in [3.05, 3.63) is 18.0 Å². The van der Waals surface area contributed by atoms with Gasteiger partial charge in [-0.1, -0.05) is 0 Å². The van der Waals surface area contributed by atoms with Gasteiger partial charge in [0.25, 0.3) is 5.91 Å². The molecule has 108 valence electrons. The first-order valence-corrected chi connectivity index (χ1v) is 6.26. The Kier molecular flexibility index (Phi) is 5.75. The van der Waals surface area contributed by atoms with Crippen LogP contribution in [0.25, 0.3) is 0 Å². The molecule has 2 heterocycles. The molecule has 0 unspecified atom stereocenters. The number of carbonyl (C=O) groups is 1. The third kappa shape index (κ3) is 4.18. The molecule has 0 aliphatic carbocycles. The molecule has 1 aromatic heterocycles. The van der Waals surface area contributed by atoms with E-state index in [2.05, 4.69) is 15.7 Å². The summed E-state index contributed by atoms with van der Waals surface area (Å²) in [5.74, 6) is -0.161. The molecule has 1 aromatic rings. The first-order chi connectivity index (χ1) is 8.56. The zero-order valence-electron chi connectivity index (χ0n) is 11.1. The first kappa shape index (κ1) is 15.9. The van der Waals surface area contributed by atoms with Gasteiger partial charge in [-0.05, 0) is 20.3 Å². The monoisotopic (exact) mass is 290 g/mol. The van der Waals surface area contributed by atoms with Crippen LogP contribution in [-0.4, -0.2) is 41.0 Å². The van der Waals surface area contributed by atoms with Gasteiger partial charge >= 0.3 is 0 Å². The first-order valence-electron chi connectivity index (χ1n) is 6.26. The summed E-state index contributed by atoms with van der Waals surface area (Å²) >= 11 is 0. The van der Waals surface area contributed by atoms with Crippen molar-refractivity contribution in [3.63, 3.8) is 0 Å². The van der Waals surface area contributed by atoms with Crippen LogP contribution in [0, 0.1) is 0 Å². The minimum absolute atomic E-state index is 0. The Hall–Kier alpha value is -1.14. The number of rotatable bonds is 4. The SMILES string of the molecule is CC(C)n1cc(C(=O)NC[C@@H]2C[C@H](F)CN2)cn1.Cl. The predicted molar refractivity (Wildman–Crippen MR) is 73.5 cm³/mol. The van der Waals surface area contributed by atoms with Gasteiger partial charge < -0.3 is 10.6 Å². The maximum Gasteiger partial charge on any atom is 0.254 e. The molecule has 2 N–H and O–H groups in total. The number of amides is 1. The van der Waals surface area contributed by atoms with Crippen LogP contribution in [0.1, 0.15) is 36.7 Å². The highest BCUT2D eigenvalue weighted by molar-refractivity contribution is 5.93. The minimum atomic E-state index is -0.796. The summed E-state index contributed by atoms with van der Waals surface area (Å²) in [6.45, 7) is 4.83. The van der Waals surface area contributed by atoms with Crippen LogP contribution in [-0.2, 0) is 0 Å². The van der Waals surface area contributed by atoms with Crippen LogP contribution in [0.4, 0.5) is 4.39 Å². The normalized spacial score (nSPS) is 22.3. The lowest BCUT2D eigenvalue weighted by atomic mass is 10.2. The lowest BCUT2D eigenvalue weighted by molar-refractivity contribution is 0.0950. The fraction of sp³-hybridized carbons (Fsp3) is 0.667. The molecule has 0 aromatic carbocycles. The Morgan fingerprint density at radius 1 is 1.68 bits per heavy atom. The van der Waals surface area contributed by atoms with E-state index in [1.165, 1.54) is 0 Å². The van der Waals surface area contributed by atoms with Crippen LogP contribution in [0.3, 0.4) is 0 Å². The van der Waals surface area contributed by atoms with Crippen molar-refractivity contribution >= 4 is 18.3 Å². The summed E-state index contributed by atoms with van der Waals surface area (Å²) in [5.41, 5.74) is 0.540. The van der Waals surface area contributed by atoms with Crippen molar-refractivity contribution in [1.29, 1.82) is 0 Å². The lowest BCUT2D eigenvalue weighted by Gasteiger charge is -2.10. The Morgan fingerprint density at radius 3 is 2.95 bits per heavy atom. The molecule has 2 rings (SSSR count). The van der Waals surface area contributed by atoms with Crippen molar-refractivity contribution in [2.45, 2.75) is 38.5 Å². The molecule has 1 saturated heterocycles. The van der Waals surface area contributed by atoms with Crippen LogP contribution in [0.15, 0.2) is 12.4 Å². The number of halogens is 2. The van der Waals surface area contributed by atoms with E-state index in [0.717, 1.165) is 0 Å². The fourth-order valence-electron chi connectivity index (χ4n) is 1.98. The van der Waals surface area contributed by atoms with E-state index in [1.54, 1.807) is 17.1 Å². The van der Waals surface area contributed by atoms with Gasteiger partial charge in [-0.25, -0.2) is 4.39 Å². The molecule has 5 nitrogen and oxygen atoms in total. The molecule has 0 radical (unpaired) electrons. The van der Waals surface area contributed by atoms with Crippen molar-refractivity contribution in [2.24, 2.45) is 0 Å². The maximum atomic E-state index is 12.9. The Labute approximate surface area is 118 Å². The highest BCUT2D eigenvalue weighted by Crippen LogP contribution is 2.09. The van der Waals surface area contributed by atoms with E-state index in [9.17, 15) is 9.18 Å². The van der Waals surface area contributed by atoms with E-state index >= 15 is 0 Å². The molecule has 7 heteroatoms. The quantitative estimate of drug-likeness (QED) is 0.879. The molecule has 19 heavy (non-hydrogen) atoms. The number of hydrogen-bond donors (Lipinski definition) is 2. The van der Waals surface area contributed by atoms with E-state index in [-0.39, 0.29) is 30.4 Å². The molecule has 1 aliphatic rings. The average Bonchev–Trinajstić information content (AvgIpc) is 2.94. The van der Waals surface area contributed by atoms with Gasteiger partial charge in [0.2, 0.25) is 0 Å². The standard InChI is InChI=1S/C12H19FN4O.ClH/c1-8(2)17-7-9(4-16-17)12(18)15-6-11-3-10(13)5-14-11;/h4,7-8,10-11,14H,3,5-6H2,1-2H3,(H,15,18);1H/t10-,11-;/m0./s1. The average molecular weight is 291 g/mol. The van der Waals surface area contributed by atoms with E-state index in [1.807, 2.05) is 13.8 Å². The van der Waals surface area contributed by atoms with Crippen LogP contribution >= 0.6 is 12.4 Å². The Bertz CT molecular complexity index is 424. The molecule has 1 aliphatic heterocycles. The van der Waals surface area contributed by atoms with Crippen molar-refractivity contribution in [1.82, 2.24) is 20.4 Å². The number of carbonyl (C=O) groups excluding carboxylic acids is 1. The Balaban J connectivity index is 0.00000180. The smallest absolute Gasteiger partial charge is 0.254 e. The summed E-state index contributed by atoms with van der Waals surface area (Å²) < 4.78 is 14.7. The molecule has 1 fully saturated rings. The van der Waals surface area contributed by atoms with Crippen LogP contribution in [0.5, 0.6) is 0 Å². The van der Waals surface area contributed by atoms with E-state index in [4.69, 9.17) is 0 Å². The maximum absolute atomic E-state index is 12.9. The summed E-state index contributed by atoms with van der Waals surface area (Å²) in [6, 6.07) is 0.263. The number of aromatic nitrogens is 2. The van der Waals surface area contributed by atoms with Gasteiger partial charge in [0.15, 0.2) is 0 Å². The van der Waals surface area contributed by atoms with Gasteiger partial charge in [-0.15, -0.1) is 12.4 Å². The zero-order chi connectivity index (χ0) is 13.1. The zero-order valence-corrected chi connectivity index (χ0v) is 11.9. The Morgan fingerprint density at radius 2 is 2.42 bits per heavy atom. The molecule has 0 spiro atoms. The third-order valence-electron chi connectivity index (χ3n) is 3.07. The van der Waals surface area contributed by atoms with Crippen LogP contribution < -0.4 is 10.6 Å². The lowest BCUT2D eigenvalue weighted by Crippen LogP contribution is -2.37. The summed E-state index contributed by atoms with van der Waals surface area (Å²) in [5, 5.41) is 9.93. The number of nitrogens with one attached hydrogen (secondary N) is 2. The number of alkyl halides is 1. The summed E-state index contributed by atoms with van der Waals surface area (Å²) in [6.07, 6.45) is 2.94. The minimum Gasteiger partial charge on any atom is -0.350 e. The number of hydrogen-bond acceptors (Lipinski definition) is 3. The number of nitrogens with zero attached hydrogens (tertiary/aromatic N) is 2. The van der Waals surface area contributed by atoms with Gasteiger partial charge in [0, 0.05) is 31.4 Å². The topological polar surface area (TPSA) is 59.0 Å². The molecular weight excluding hydrogens is 271 g/mol. The molecule has 0 saturated carbocycles. The largest absolute Gasteiger partial charge is 0.350 e. The molecular formula is C12H20ClFN4O. The highest BCUT2D eigenvalue weighted by atomic mass is 35.5. The summed E-state index contributed by atoms with van der Waals surface area (Å²) in [7, 11) is 0. The fourth-order valence-corrected chi connectivity index (χ4v) is 1.98. The highest BCUT2D eigenvalue weighted by Gasteiger charge is 2.23. The molecule has 0 bridgehead atoms. The van der Waals surface area contributed by atoms with E-state index in [0.29, 0.717) is 25.1 Å². The van der Waals surface area contributed by atoms with E-state index < -0.39 is 6.17 Å². The van der Waals surface area contributed by atoms with Crippen molar-refractivity contribution in [3.8, 4) is 0 Å².